The third kappa shape index (κ3) is 5.90. The first-order valence-corrected chi connectivity index (χ1v) is 11.5. The van der Waals surface area contributed by atoms with E-state index in [1.807, 2.05) is 19.9 Å². The second kappa shape index (κ2) is 10.5. The Kier molecular flexibility index (Phi) is 8.70. The van der Waals surface area contributed by atoms with Gasteiger partial charge in [0.15, 0.2) is 0 Å². The Balaban J connectivity index is 2.22. The molecular weight excluding hydrogens is 378 g/mol. The smallest absolute Gasteiger partial charge is 0.243 e. The van der Waals surface area contributed by atoms with Crippen molar-refractivity contribution in [2.75, 3.05) is 45.2 Å². The molecule has 160 valence electrons. The molecule has 1 fully saturated rings. The first-order chi connectivity index (χ1) is 13.3. The Morgan fingerprint density at radius 1 is 1.21 bits per heavy atom. The van der Waals surface area contributed by atoms with Crippen LogP contribution in [0.4, 0.5) is 5.69 Å². The molecule has 0 spiro atoms. The molecule has 8 heteroatoms. The van der Waals surface area contributed by atoms with E-state index in [1.54, 1.807) is 19.2 Å². The maximum Gasteiger partial charge on any atom is 0.243 e. The number of rotatable bonds is 13. The third-order valence-electron chi connectivity index (χ3n) is 4.85. The molecule has 28 heavy (non-hydrogen) atoms. The lowest BCUT2D eigenvalue weighted by Gasteiger charge is -2.20. The lowest BCUT2D eigenvalue weighted by Crippen LogP contribution is -2.30. The van der Waals surface area contributed by atoms with Gasteiger partial charge in [0.25, 0.3) is 0 Å². The molecule has 0 amide bonds. The molecule has 1 heterocycles. The number of anilines is 1. The topological polar surface area (TPSA) is 83.2 Å². The summed E-state index contributed by atoms with van der Waals surface area (Å²) >= 11 is 0. The molecule has 1 aromatic rings. The highest BCUT2D eigenvalue weighted by molar-refractivity contribution is 7.89. The van der Waals surface area contributed by atoms with Crippen molar-refractivity contribution in [3.8, 4) is 0 Å². The number of ether oxygens (including phenoxy) is 2. The van der Waals surface area contributed by atoms with Crippen molar-refractivity contribution >= 4 is 15.7 Å². The van der Waals surface area contributed by atoms with Crippen LogP contribution in [0.3, 0.4) is 0 Å². The lowest BCUT2D eigenvalue weighted by atomic mass is 10.1. The van der Waals surface area contributed by atoms with E-state index in [0.717, 1.165) is 24.2 Å². The summed E-state index contributed by atoms with van der Waals surface area (Å²) in [7, 11) is -1.86. The fourth-order valence-corrected chi connectivity index (χ4v) is 4.61. The normalized spacial score (nSPS) is 19.4. The predicted octanol–water partition coefficient (Wildman–Crippen LogP) is 2.81. The summed E-state index contributed by atoms with van der Waals surface area (Å²) in [6, 6.07) is 5.24. The van der Waals surface area contributed by atoms with E-state index < -0.39 is 10.0 Å². The Bertz CT molecular complexity index is 720. The summed E-state index contributed by atoms with van der Waals surface area (Å²) in [4.78, 5) is 0.305. The van der Waals surface area contributed by atoms with Crippen molar-refractivity contribution in [2.24, 2.45) is 5.92 Å². The van der Waals surface area contributed by atoms with Gasteiger partial charge in [0.1, 0.15) is 12.3 Å². The fraction of sp³-hybridized carbons (Fsp3) is 0.700. The van der Waals surface area contributed by atoms with Crippen molar-refractivity contribution in [1.82, 2.24) is 9.62 Å². The minimum atomic E-state index is -3.51. The van der Waals surface area contributed by atoms with Crippen LogP contribution in [0.5, 0.6) is 0 Å². The van der Waals surface area contributed by atoms with Crippen LogP contribution in [0.1, 0.15) is 45.8 Å². The highest BCUT2D eigenvalue weighted by Crippen LogP contribution is 2.41. The predicted molar refractivity (Wildman–Crippen MR) is 112 cm³/mol. The van der Waals surface area contributed by atoms with Gasteiger partial charge in [0.05, 0.1) is 11.5 Å². The molecule has 7 nitrogen and oxygen atoms in total. The second-order valence-electron chi connectivity index (χ2n) is 7.37. The average Bonchev–Trinajstić information content (AvgIpc) is 3.42. The molecule has 2 atom stereocenters. The zero-order valence-corrected chi connectivity index (χ0v) is 18.5. The van der Waals surface area contributed by atoms with Crippen LogP contribution in [0.25, 0.3) is 0 Å². The van der Waals surface area contributed by atoms with Gasteiger partial charge in [0, 0.05) is 38.0 Å². The Labute approximate surface area is 169 Å². The van der Waals surface area contributed by atoms with Gasteiger partial charge in [-0.1, -0.05) is 27.7 Å². The maximum atomic E-state index is 12.9. The summed E-state index contributed by atoms with van der Waals surface area (Å²) in [5.41, 5.74) is 1.75. The summed E-state index contributed by atoms with van der Waals surface area (Å²) in [5, 5.41) is 6.72. The Hall–Kier alpha value is -1.19. The minimum Gasteiger partial charge on any atom is -0.383 e. The molecule has 1 aliphatic heterocycles. The van der Waals surface area contributed by atoms with Crippen LogP contribution in [0, 0.1) is 5.92 Å². The molecule has 0 bridgehead atoms. The van der Waals surface area contributed by atoms with E-state index in [2.05, 4.69) is 24.5 Å². The van der Waals surface area contributed by atoms with Gasteiger partial charge in [-0.15, -0.1) is 0 Å². The molecular formula is C20H35N3O4S. The average molecular weight is 414 g/mol. The molecule has 0 aromatic heterocycles. The van der Waals surface area contributed by atoms with Gasteiger partial charge in [-0.05, 0) is 37.1 Å². The minimum absolute atomic E-state index is 0.0758. The molecule has 0 radical (unpaired) electrons. The summed E-state index contributed by atoms with van der Waals surface area (Å²) in [6.45, 7) is 11.1. The number of hydrogen-bond donors (Lipinski definition) is 2. The molecule has 0 saturated carbocycles. The van der Waals surface area contributed by atoms with Crippen LogP contribution in [-0.2, 0) is 19.5 Å². The van der Waals surface area contributed by atoms with Gasteiger partial charge in [-0.2, -0.15) is 4.31 Å². The quantitative estimate of drug-likeness (QED) is 0.382. The zero-order valence-electron chi connectivity index (χ0n) is 17.7. The van der Waals surface area contributed by atoms with E-state index >= 15 is 0 Å². The summed E-state index contributed by atoms with van der Waals surface area (Å²) in [5.74, 6) is 0.624. The van der Waals surface area contributed by atoms with Crippen molar-refractivity contribution in [3.63, 3.8) is 0 Å². The Morgan fingerprint density at radius 2 is 1.93 bits per heavy atom. The van der Waals surface area contributed by atoms with Crippen molar-refractivity contribution in [1.29, 1.82) is 0 Å². The first kappa shape index (κ1) is 23.1. The van der Waals surface area contributed by atoms with Gasteiger partial charge in [-0.25, -0.2) is 8.42 Å². The van der Waals surface area contributed by atoms with E-state index in [0.29, 0.717) is 37.1 Å². The van der Waals surface area contributed by atoms with Gasteiger partial charge < -0.3 is 14.8 Å². The number of methoxy groups -OCH3 is 1. The van der Waals surface area contributed by atoms with Crippen LogP contribution >= 0.6 is 0 Å². The van der Waals surface area contributed by atoms with Crippen molar-refractivity contribution in [2.45, 2.75) is 51.3 Å². The van der Waals surface area contributed by atoms with Crippen LogP contribution in [0.2, 0.25) is 0 Å². The standard InChI is InChI=1S/C20H35N3O4S/c1-6-23(7-2)28(24,25)16-8-9-18(21-12-13-26-5)17(14-16)19-20(27-19)22-11-10-15(3)4/h8-9,14-15,19-22H,6-7,10-13H2,1-5H3. The molecule has 1 aromatic carbocycles. The zero-order chi connectivity index (χ0) is 20.7. The second-order valence-corrected chi connectivity index (χ2v) is 9.31. The number of benzene rings is 1. The SMILES string of the molecule is CCN(CC)S(=O)(=O)c1ccc(NCCOC)c(C2OC2NCCC(C)C)c1. The molecule has 1 saturated heterocycles. The molecule has 2 N–H and O–H groups in total. The third-order valence-corrected chi connectivity index (χ3v) is 6.90. The largest absolute Gasteiger partial charge is 0.383 e. The highest BCUT2D eigenvalue weighted by Gasteiger charge is 2.42. The number of sulfonamides is 1. The number of nitrogens with one attached hydrogen (secondary N) is 2. The van der Waals surface area contributed by atoms with Crippen LogP contribution in [0.15, 0.2) is 23.1 Å². The molecule has 1 aliphatic rings. The first-order valence-electron chi connectivity index (χ1n) is 10.1. The van der Waals surface area contributed by atoms with E-state index in [-0.39, 0.29) is 12.3 Å². The van der Waals surface area contributed by atoms with Gasteiger partial charge in [0.2, 0.25) is 10.0 Å². The number of nitrogens with zero attached hydrogens (tertiary/aromatic N) is 1. The fourth-order valence-electron chi connectivity index (χ4n) is 3.12. The van der Waals surface area contributed by atoms with E-state index in [4.69, 9.17) is 9.47 Å². The molecule has 0 aliphatic carbocycles. The van der Waals surface area contributed by atoms with Crippen LogP contribution in [-0.4, -0.2) is 58.8 Å². The molecule has 2 rings (SSSR count). The van der Waals surface area contributed by atoms with Crippen molar-refractivity contribution < 1.29 is 17.9 Å². The van der Waals surface area contributed by atoms with Crippen molar-refractivity contribution in [3.05, 3.63) is 23.8 Å². The molecule has 2 unspecified atom stereocenters. The number of hydrogen-bond acceptors (Lipinski definition) is 6. The lowest BCUT2D eigenvalue weighted by molar-refractivity contribution is 0.210. The van der Waals surface area contributed by atoms with E-state index in [1.165, 1.54) is 4.31 Å². The monoisotopic (exact) mass is 413 g/mol. The summed E-state index contributed by atoms with van der Waals surface area (Å²) in [6.07, 6.45) is 0.847. The number of epoxide rings is 1. The van der Waals surface area contributed by atoms with Gasteiger partial charge in [-0.3, -0.25) is 5.32 Å². The summed E-state index contributed by atoms with van der Waals surface area (Å²) < 4.78 is 38.2. The Morgan fingerprint density at radius 3 is 2.54 bits per heavy atom. The maximum absolute atomic E-state index is 12.9. The van der Waals surface area contributed by atoms with Gasteiger partial charge >= 0.3 is 0 Å². The van der Waals surface area contributed by atoms with Crippen LogP contribution < -0.4 is 10.6 Å². The van der Waals surface area contributed by atoms with E-state index in [9.17, 15) is 8.42 Å². The highest BCUT2D eigenvalue weighted by atomic mass is 32.2.